The summed E-state index contributed by atoms with van der Waals surface area (Å²) in [5.74, 6) is 0.993. The van der Waals surface area contributed by atoms with Crippen molar-refractivity contribution in [1.82, 2.24) is 10.2 Å². The largest absolute Gasteiger partial charge is 0.369 e. The van der Waals surface area contributed by atoms with Gasteiger partial charge in [-0.3, -0.25) is 9.69 Å². The number of nitrogens with zero attached hydrogens (tertiary/aromatic N) is 2. The van der Waals surface area contributed by atoms with Gasteiger partial charge in [-0.1, -0.05) is 29.3 Å². The second kappa shape index (κ2) is 10.4. The van der Waals surface area contributed by atoms with Gasteiger partial charge in [0.1, 0.15) is 0 Å². The SMILES string of the molecule is O=C(NC1CCC(CCN2CCN(c3ccc(Cl)c(Cl)c3)CC2)CC1)C1=CCCC1. The van der Waals surface area contributed by atoms with Crippen molar-refractivity contribution in [3.63, 3.8) is 0 Å². The first-order chi connectivity index (χ1) is 14.6. The van der Waals surface area contributed by atoms with E-state index in [0.717, 1.165) is 75.5 Å². The second-order valence-electron chi connectivity index (χ2n) is 9.03. The molecular formula is C24H33Cl2N3O. The van der Waals surface area contributed by atoms with Crippen LogP contribution in [0.2, 0.25) is 10.0 Å². The zero-order valence-electron chi connectivity index (χ0n) is 17.7. The lowest BCUT2D eigenvalue weighted by Gasteiger charge is -2.37. The Bertz CT molecular complexity index is 766. The minimum atomic E-state index is 0.191. The molecule has 1 aliphatic heterocycles. The molecule has 6 heteroatoms. The monoisotopic (exact) mass is 449 g/mol. The van der Waals surface area contributed by atoms with E-state index < -0.39 is 0 Å². The van der Waals surface area contributed by atoms with Crippen molar-refractivity contribution < 1.29 is 4.79 Å². The van der Waals surface area contributed by atoms with Crippen molar-refractivity contribution in [2.75, 3.05) is 37.6 Å². The molecule has 0 aromatic heterocycles. The summed E-state index contributed by atoms with van der Waals surface area (Å²) in [5.41, 5.74) is 2.18. The lowest BCUT2D eigenvalue weighted by atomic mass is 9.84. The van der Waals surface area contributed by atoms with E-state index in [9.17, 15) is 4.79 Å². The maximum atomic E-state index is 12.3. The van der Waals surface area contributed by atoms with Crippen LogP contribution in [0.5, 0.6) is 0 Å². The van der Waals surface area contributed by atoms with Crippen LogP contribution in [0, 0.1) is 5.92 Å². The second-order valence-corrected chi connectivity index (χ2v) is 9.84. The lowest BCUT2D eigenvalue weighted by Crippen LogP contribution is -2.47. The van der Waals surface area contributed by atoms with Gasteiger partial charge < -0.3 is 10.2 Å². The maximum absolute atomic E-state index is 12.3. The summed E-state index contributed by atoms with van der Waals surface area (Å²) in [7, 11) is 0. The fourth-order valence-electron chi connectivity index (χ4n) is 5.03. The van der Waals surface area contributed by atoms with Crippen LogP contribution in [0.4, 0.5) is 5.69 Å². The number of allylic oxidation sites excluding steroid dienone is 1. The molecule has 4 rings (SSSR count). The van der Waals surface area contributed by atoms with E-state index in [1.807, 2.05) is 12.1 Å². The van der Waals surface area contributed by atoms with Gasteiger partial charge in [-0.25, -0.2) is 0 Å². The summed E-state index contributed by atoms with van der Waals surface area (Å²) in [4.78, 5) is 17.3. The fourth-order valence-corrected chi connectivity index (χ4v) is 5.32. The first-order valence-electron chi connectivity index (χ1n) is 11.5. The Labute approximate surface area is 190 Å². The predicted octanol–water partition coefficient (Wildman–Crippen LogP) is 5.29. The molecule has 0 radical (unpaired) electrons. The van der Waals surface area contributed by atoms with Gasteiger partial charge in [0.15, 0.2) is 0 Å². The molecule has 30 heavy (non-hydrogen) atoms. The summed E-state index contributed by atoms with van der Waals surface area (Å²) >= 11 is 12.2. The van der Waals surface area contributed by atoms with Gasteiger partial charge in [0.2, 0.25) is 5.91 Å². The highest BCUT2D eigenvalue weighted by Crippen LogP contribution is 2.29. The van der Waals surface area contributed by atoms with Gasteiger partial charge in [-0.05, 0) is 82.0 Å². The number of halogens is 2. The first kappa shape index (κ1) is 22.0. The molecule has 4 nitrogen and oxygen atoms in total. The number of hydrogen-bond donors (Lipinski definition) is 1. The maximum Gasteiger partial charge on any atom is 0.247 e. The molecule has 1 saturated heterocycles. The molecule has 0 bridgehead atoms. The molecule has 0 spiro atoms. The Morgan fingerprint density at radius 3 is 2.47 bits per heavy atom. The van der Waals surface area contributed by atoms with Crippen molar-refractivity contribution in [1.29, 1.82) is 0 Å². The Kier molecular flexibility index (Phi) is 7.61. The minimum Gasteiger partial charge on any atom is -0.369 e. The van der Waals surface area contributed by atoms with E-state index in [4.69, 9.17) is 23.2 Å². The quantitative estimate of drug-likeness (QED) is 0.640. The third-order valence-corrected chi connectivity index (χ3v) is 7.75. The summed E-state index contributed by atoms with van der Waals surface area (Å²) in [5, 5.41) is 4.52. The molecule has 1 saturated carbocycles. The molecule has 1 N–H and O–H groups in total. The molecule has 1 heterocycles. The van der Waals surface area contributed by atoms with E-state index >= 15 is 0 Å². The fraction of sp³-hybridized carbons (Fsp3) is 0.625. The van der Waals surface area contributed by atoms with Crippen molar-refractivity contribution in [2.45, 2.75) is 57.4 Å². The van der Waals surface area contributed by atoms with Gasteiger partial charge >= 0.3 is 0 Å². The molecule has 0 unspecified atom stereocenters. The Morgan fingerprint density at radius 2 is 1.80 bits per heavy atom. The van der Waals surface area contributed by atoms with Crippen molar-refractivity contribution in [2.24, 2.45) is 5.92 Å². The van der Waals surface area contributed by atoms with E-state index in [0.29, 0.717) is 16.1 Å². The number of hydrogen-bond acceptors (Lipinski definition) is 3. The zero-order valence-corrected chi connectivity index (χ0v) is 19.2. The van der Waals surface area contributed by atoms with E-state index in [1.54, 1.807) is 0 Å². The van der Waals surface area contributed by atoms with E-state index in [1.165, 1.54) is 25.8 Å². The van der Waals surface area contributed by atoms with Crippen LogP contribution in [0.25, 0.3) is 0 Å². The Balaban J connectivity index is 1.13. The van der Waals surface area contributed by atoms with Gasteiger partial charge in [0.05, 0.1) is 10.0 Å². The average molecular weight is 450 g/mol. The lowest BCUT2D eigenvalue weighted by molar-refractivity contribution is -0.118. The van der Waals surface area contributed by atoms with Crippen molar-refractivity contribution >= 4 is 34.8 Å². The molecule has 1 aromatic rings. The average Bonchev–Trinajstić information content (AvgIpc) is 3.31. The van der Waals surface area contributed by atoms with Crippen LogP contribution in [0.15, 0.2) is 29.8 Å². The number of carbonyl (C=O) groups is 1. The minimum absolute atomic E-state index is 0.191. The first-order valence-corrected chi connectivity index (χ1v) is 12.3. The summed E-state index contributed by atoms with van der Waals surface area (Å²) < 4.78 is 0. The van der Waals surface area contributed by atoms with Crippen LogP contribution in [0.1, 0.15) is 51.4 Å². The zero-order chi connectivity index (χ0) is 20.9. The topological polar surface area (TPSA) is 35.6 Å². The van der Waals surface area contributed by atoms with Crippen LogP contribution < -0.4 is 10.2 Å². The molecule has 2 aliphatic carbocycles. The summed E-state index contributed by atoms with van der Waals surface area (Å²) in [6, 6.07) is 6.30. The molecule has 1 aromatic carbocycles. The number of rotatable bonds is 6. The molecule has 2 fully saturated rings. The van der Waals surface area contributed by atoms with Crippen molar-refractivity contribution in [3.8, 4) is 0 Å². The third-order valence-electron chi connectivity index (χ3n) is 7.01. The van der Waals surface area contributed by atoms with E-state index in [2.05, 4.69) is 27.3 Å². The number of benzene rings is 1. The summed E-state index contributed by atoms with van der Waals surface area (Å²) in [6.07, 6.45) is 11.3. The smallest absolute Gasteiger partial charge is 0.247 e. The molecule has 3 aliphatic rings. The van der Waals surface area contributed by atoms with Gasteiger partial charge in [-0.15, -0.1) is 0 Å². The Hall–Kier alpha value is -1.23. The number of amides is 1. The van der Waals surface area contributed by atoms with Gasteiger partial charge in [0.25, 0.3) is 0 Å². The predicted molar refractivity (Wildman–Crippen MR) is 126 cm³/mol. The van der Waals surface area contributed by atoms with Crippen LogP contribution >= 0.6 is 23.2 Å². The van der Waals surface area contributed by atoms with Crippen LogP contribution in [0.3, 0.4) is 0 Å². The normalized spacial score (nSPS) is 25.3. The molecule has 164 valence electrons. The van der Waals surface area contributed by atoms with Gasteiger partial charge in [-0.2, -0.15) is 0 Å². The highest BCUT2D eigenvalue weighted by Gasteiger charge is 2.25. The highest BCUT2D eigenvalue weighted by molar-refractivity contribution is 6.42. The van der Waals surface area contributed by atoms with E-state index in [-0.39, 0.29) is 5.91 Å². The number of nitrogens with one attached hydrogen (secondary N) is 1. The van der Waals surface area contributed by atoms with Crippen LogP contribution in [-0.4, -0.2) is 49.6 Å². The Morgan fingerprint density at radius 1 is 1.03 bits per heavy atom. The number of anilines is 1. The third kappa shape index (κ3) is 5.72. The molecule has 1 amide bonds. The number of carbonyl (C=O) groups excluding carboxylic acids is 1. The van der Waals surface area contributed by atoms with Crippen molar-refractivity contribution in [3.05, 3.63) is 39.9 Å². The number of piperazine rings is 1. The highest BCUT2D eigenvalue weighted by atomic mass is 35.5. The van der Waals surface area contributed by atoms with Gasteiger partial charge in [0, 0.05) is 43.5 Å². The summed E-state index contributed by atoms with van der Waals surface area (Å²) in [6.45, 7) is 5.45. The molecular weight excluding hydrogens is 417 g/mol. The standard InChI is InChI=1S/C24H33Cl2N3O/c25-22-10-9-21(17-23(22)26)29-15-13-28(14-16-29)12-11-18-5-7-20(8-6-18)27-24(30)19-3-1-2-4-19/h3,9-10,17-18,20H,1-2,4-8,11-16H2,(H,27,30). The molecule has 0 atom stereocenters. The van der Waals surface area contributed by atoms with Crippen LogP contribution in [-0.2, 0) is 4.79 Å².